The lowest BCUT2D eigenvalue weighted by molar-refractivity contribution is 0.544. The van der Waals surface area contributed by atoms with E-state index in [1.54, 1.807) is 0 Å². The van der Waals surface area contributed by atoms with E-state index in [-0.39, 0.29) is 6.04 Å². The van der Waals surface area contributed by atoms with Gasteiger partial charge in [-0.05, 0) is 42.2 Å². The van der Waals surface area contributed by atoms with E-state index in [1.165, 1.54) is 16.8 Å². The number of aromatic nitrogens is 2. The third-order valence-corrected chi connectivity index (χ3v) is 4.47. The van der Waals surface area contributed by atoms with Crippen molar-refractivity contribution < 1.29 is 0 Å². The van der Waals surface area contributed by atoms with E-state index >= 15 is 0 Å². The molecular formula is C18H17N3. The number of nitrogens with zero attached hydrogens (tertiary/aromatic N) is 2. The fraction of sp³-hybridized carbons (Fsp3) is 0.222. The van der Waals surface area contributed by atoms with Gasteiger partial charge in [0, 0.05) is 35.4 Å². The molecule has 0 bridgehead atoms. The molecule has 104 valence electrons. The number of fused-ring (bicyclic) bond motifs is 2. The normalized spacial score (nSPS) is 18.6. The fourth-order valence-corrected chi connectivity index (χ4v) is 3.43. The summed E-state index contributed by atoms with van der Waals surface area (Å²) in [6, 6.07) is 14.4. The molecule has 2 unspecified atom stereocenters. The number of rotatable bonds is 2. The number of benzene rings is 1. The molecule has 0 amide bonds. The van der Waals surface area contributed by atoms with E-state index in [0.717, 1.165) is 23.7 Å². The van der Waals surface area contributed by atoms with Gasteiger partial charge in [-0.3, -0.25) is 9.97 Å². The largest absolute Gasteiger partial charge is 0.323 e. The van der Waals surface area contributed by atoms with E-state index in [1.807, 2.05) is 36.7 Å². The molecule has 3 nitrogen and oxygen atoms in total. The Balaban J connectivity index is 1.80. The zero-order valence-electron chi connectivity index (χ0n) is 11.7. The van der Waals surface area contributed by atoms with Crippen molar-refractivity contribution in [1.82, 2.24) is 9.97 Å². The number of aryl methyl sites for hydroxylation is 1. The summed E-state index contributed by atoms with van der Waals surface area (Å²) in [5.74, 6) is 0.298. The Labute approximate surface area is 123 Å². The van der Waals surface area contributed by atoms with E-state index in [0.29, 0.717) is 5.92 Å². The Bertz CT molecular complexity index is 792. The summed E-state index contributed by atoms with van der Waals surface area (Å²) in [5, 5.41) is 1.15. The molecule has 2 heterocycles. The summed E-state index contributed by atoms with van der Waals surface area (Å²) in [6.07, 6.45) is 5.84. The van der Waals surface area contributed by atoms with Crippen molar-refractivity contribution in [3.05, 3.63) is 71.7 Å². The average Bonchev–Trinajstić information content (AvgIpc) is 2.98. The zero-order chi connectivity index (χ0) is 14.2. The maximum atomic E-state index is 6.61. The third kappa shape index (κ3) is 2.01. The van der Waals surface area contributed by atoms with Gasteiger partial charge in [0.2, 0.25) is 0 Å². The molecule has 0 saturated carbocycles. The van der Waals surface area contributed by atoms with E-state index in [4.69, 9.17) is 5.73 Å². The SMILES string of the molecule is NC(c1cccc2ncccc12)C1CCc2cccnc21. The number of hydrogen-bond donors (Lipinski definition) is 1. The van der Waals surface area contributed by atoms with Crippen LogP contribution in [0.1, 0.15) is 35.2 Å². The van der Waals surface area contributed by atoms with Crippen molar-refractivity contribution in [1.29, 1.82) is 0 Å². The topological polar surface area (TPSA) is 51.8 Å². The van der Waals surface area contributed by atoms with Crippen LogP contribution in [0.2, 0.25) is 0 Å². The highest BCUT2D eigenvalue weighted by Crippen LogP contribution is 2.40. The molecule has 2 aromatic heterocycles. The predicted molar refractivity (Wildman–Crippen MR) is 84.0 cm³/mol. The first-order chi connectivity index (χ1) is 10.3. The highest BCUT2D eigenvalue weighted by atomic mass is 14.8. The van der Waals surface area contributed by atoms with Crippen molar-refractivity contribution in [2.45, 2.75) is 24.8 Å². The summed E-state index contributed by atoms with van der Waals surface area (Å²) in [4.78, 5) is 9.00. The number of hydrogen-bond acceptors (Lipinski definition) is 3. The molecule has 2 atom stereocenters. The summed E-state index contributed by atoms with van der Waals surface area (Å²) < 4.78 is 0. The molecule has 0 saturated heterocycles. The first kappa shape index (κ1) is 12.5. The molecule has 0 radical (unpaired) electrons. The van der Waals surface area contributed by atoms with Gasteiger partial charge in [0.05, 0.1) is 5.52 Å². The van der Waals surface area contributed by atoms with Crippen LogP contribution in [0.3, 0.4) is 0 Å². The van der Waals surface area contributed by atoms with Gasteiger partial charge in [-0.15, -0.1) is 0 Å². The average molecular weight is 275 g/mol. The summed E-state index contributed by atoms with van der Waals surface area (Å²) in [7, 11) is 0. The molecule has 0 aliphatic heterocycles. The Hall–Kier alpha value is -2.26. The third-order valence-electron chi connectivity index (χ3n) is 4.47. The molecule has 1 aliphatic rings. The van der Waals surface area contributed by atoms with Crippen LogP contribution in [0.15, 0.2) is 54.9 Å². The lowest BCUT2D eigenvalue weighted by Gasteiger charge is -2.21. The van der Waals surface area contributed by atoms with Crippen molar-refractivity contribution in [2.24, 2.45) is 5.73 Å². The Morgan fingerprint density at radius 1 is 1.00 bits per heavy atom. The zero-order valence-corrected chi connectivity index (χ0v) is 11.7. The molecule has 0 spiro atoms. The number of nitrogens with two attached hydrogens (primary N) is 1. The predicted octanol–water partition coefficient (Wildman–Crippen LogP) is 3.36. The van der Waals surface area contributed by atoms with Crippen molar-refractivity contribution >= 4 is 10.9 Å². The van der Waals surface area contributed by atoms with Crippen LogP contribution in [0.25, 0.3) is 10.9 Å². The van der Waals surface area contributed by atoms with Crippen molar-refractivity contribution in [2.75, 3.05) is 0 Å². The molecule has 4 rings (SSSR count). The van der Waals surface area contributed by atoms with Gasteiger partial charge in [-0.1, -0.05) is 24.3 Å². The molecule has 21 heavy (non-hydrogen) atoms. The maximum Gasteiger partial charge on any atom is 0.0705 e. The van der Waals surface area contributed by atoms with Gasteiger partial charge >= 0.3 is 0 Å². The summed E-state index contributed by atoms with van der Waals surface area (Å²) in [6.45, 7) is 0. The highest BCUT2D eigenvalue weighted by molar-refractivity contribution is 5.82. The minimum absolute atomic E-state index is 0.0333. The smallest absolute Gasteiger partial charge is 0.0705 e. The van der Waals surface area contributed by atoms with E-state index < -0.39 is 0 Å². The molecule has 2 N–H and O–H groups in total. The second-order valence-electron chi connectivity index (χ2n) is 5.64. The molecule has 1 aromatic carbocycles. The van der Waals surface area contributed by atoms with E-state index in [9.17, 15) is 0 Å². The number of pyridine rings is 2. The second kappa shape index (κ2) is 4.93. The van der Waals surface area contributed by atoms with Crippen LogP contribution in [0, 0.1) is 0 Å². The Morgan fingerprint density at radius 2 is 1.86 bits per heavy atom. The van der Waals surface area contributed by atoms with Crippen LogP contribution in [0.4, 0.5) is 0 Å². The highest BCUT2D eigenvalue weighted by Gasteiger charge is 2.30. The van der Waals surface area contributed by atoms with Crippen LogP contribution in [-0.4, -0.2) is 9.97 Å². The lowest BCUT2D eigenvalue weighted by atomic mass is 9.89. The van der Waals surface area contributed by atoms with Crippen LogP contribution in [0.5, 0.6) is 0 Å². The quantitative estimate of drug-likeness (QED) is 0.780. The molecular weight excluding hydrogens is 258 g/mol. The Kier molecular flexibility index (Phi) is 2.93. The van der Waals surface area contributed by atoms with Gasteiger partial charge in [0.1, 0.15) is 0 Å². The summed E-state index contributed by atoms with van der Waals surface area (Å²) >= 11 is 0. The fourth-order valence-electron chi connectivity index (χ4n) is 3.43. The standard InChI is InChI=1S/C18H17N3/c19-17(15-9-8-12-4-2-11-21-18(12)15)14-5-1-7-16-13(14)6-3-10-20-16/h1-7,10-11,15,17H,8-9,19H2. The molecule has 3 heteroatoms. The van der Waals surface area contributed by atoms with Gasteiger partial charge in [-0.25, -0.2) is 0 Å². The van der Waals surface area contributed by atoms with Crippen LogP contribution < -0.4 is 5.73 Å². The van der Waals surface area contributed by atoms with Crippen molar-refractivity contribution in [3.63, 3.8) is 0 Å². The van der Waals surface area contributed by atoms with Gasteiger partial charge < -0.3 is 5.73 Å². The van der Waals surface area contributed by atoms with E-state index in [2.05, 4.69) is 28.2 Å². The molecule has 1 aliphatic carbocycles. The second-order valence-corrected chi connectivity index (χ2v) is 5.64. The van der Waals surface area contributed by atoms with Gasteiger partial charge in [0.15, 0.2) is 0 Å². The Morgan fingerprint density at radius 3 is 2.81 bits per heavy atom. The lowest BCUT2D eigenvalue weighted by Crippen LogP contribution is -2.19. The molecule has 3 aromatic rings. The van der Waals surface area contributed by atoms with Crippen LogP contribution >= 0.6 is 0 Å². The van der Waals surface area contributed by atoms with Gasteiger partial charge in [0.25, 0.3) is 0 Å². The monoisotopic (exact) mass is 275 g/mol. The minimum atomic E-state index is -0.0333. The maximum absolute atomic E-state index is 6.61. The van der Waals surface area contributed by atoms with Gasteiger partial charge in [-0.2, -0.15) is 0 Å². The summed E-state index contributed by atoms with van der Waals surface area (Å²) in [5.41, 5.74) is 11.3. The first-order valence-electron chi connectivity index (χ1n) is 7.37. The van der Waals surface area contributed by atoms with Crippen molar-refractivity contribution in [3.8, 4) is 0 Å². The van der Waals surface area contributed by atoms with Crippen LogP contribution in [-0.2, 0) is 6.42 Å². The first-order valence-corrected chi connectivity index (χ1v) is 7.37. The molecule has 0 fully saturated rings. The minimum Gasteiger partial charge on any atom is -0.323 e.